The van der Waals surface area contributed by atoms with Crippen LogP contribution in [0.5, 0.6) is 34.5 Å². The molecule has 0 aliphatic carbocycles. The van der Waals surface area contributed by atoms with Gasteiger partial charge in [-0.3, -0.25) is 0 Å². The summed E-state index contributed by atoms with van der Waals surface area (Å²) in [6.45, 7) is 0. The van der Waals surface area contributed by atoms with E-state index in [4.69, 9.17) is 32.7 Å². The standard InChI is InChI=1S/C22H14Cl2O4/c23-13-5-9-15(10-6-13)27-21-19(25)17-3-1-2-4-18(17)20(26)22(21)28-16-11-7-14(24)8-12-16/h1-12,25-26H. The van der Waals surface area contributed by atoms with E-state index in [0.29, 0.717) is 32.3 Å². The van der Waals surface area contributed by atoms with Crippen LogP contribution in [-0.2, 0) is 0 Å². The molecule has 4 nitrogen and oxygen atoms in total. The molecule has 4 aromatic carbocycles. The highest BCUT2D eigenvalue weighted by molar-refractivity contribution is 6.30. The summed E-state index contributed by atoms with van der Waals surface area (Å²) in [6, 6.07) is 20.1. The number of rotatable bonds is 4. The molecule has 4 rings (SSSR count). The second kappa shape index (κ2) is 7.50. The van der Waals surface area contributed by atoms with Crippen LogP contribution in [0.25, 0.3) is 10.8 Å². The maximum Gasteiger partial charge on any atom is 0.216 e. The Kier molecular flexibility index (Phi) is 4.90. The van der Waals surface area contributed by atoms with Crippen molar-refractivity contribution in [3.8, 4) is 34.5 Å². The van der Waals surface area contributed by atoms with Crippen molar-refractivity contribution < 1.29 is 19.7 Å². The first-order valence-corrected chi connectivity index (χ1v) is 9.12. The molecule has 0 aliphatic heterocycles. The van der Waals surface area contributed by atoms with Gasteiger partial charge in [-0.2, -0.15) is 0 Å². The lowest BCUT2D eigenvalue weighted by Gasteiger charge is -2.17. The van der Waals surface area contributed by atoms with E-state index >= 15 is 0 Å². The minimum Gasteiger partial charge on any atom is -0.504 e. The van der Waals surface area contributed by atoms with Crippen molar-refractivity contribution in [1.82, 2.24) is 0 Å². The van der Waals surface area contributed by atoms with Crippen LogP contribution in [0.2, 0.25) is 10.0 Å². The molecule has 0 aliphatic rings. The van der Waals surface area contributed by atoms with E-state index in [-0.39, 0.29) is 23.0 Å². The topological polar surface area (TPSA) is 58.9 Å². The molecular weight excluding hydrogens is 399 g/mol. The Morgan fingerprint density at radius 2 is 0.893 bits per heavy atom. The molecule has 0 spiro atoms. The predicted octanol–water partition coefficient (Wildman–Crippen LogP) is 7.14. The minimum atomic E-state index is -0.146. The molecule has 0 bridgehead atoms. The average molecular weight is 413 g/mol. The normalized spacial score (nSPS) is 10.8. The summed E-state index contributed by atoms with van der Waals surface area (Å²) in [5.74, 6) is 0.548. The molecule has 0 atom stereocenters. The van der Waals surface area contributed by atoms with Gasteiger partial charge in [0.1, 0.15) is 11.5 Å². The lowest BCUT2D eigenvalue weighted by molar-refractivity contribution is 0.364. The van der Waals surface area contributed by atoms with Crippen LogP contribution in [-0.4, -0.2) is 10.2 Å². The number of ether oxygens (including phenoxy) is 2. The van der Waals surface area contributed by atoms with Crippen LogP contribution in [0.3, 0.4) is 0 Å². The van der Waals surface area contributed by atoms with Crippen molar-refractivity contribution >= 4 is 34.0 Å². The summed E-state index contributed by atoms with van der Waals surface area (Å²) in [5, 5.41) is 23.6. The molecular formula is C22H14Cl2O4. The van der Waals surface area contributed by atoms with Crippen molar-refractivity contribution in [2.75, 3.05) is 0 Å². The van der Waals surface area contributed by atoms with Crippen LogP contribution in [0, 0.1) is 0 Å². The second-order valence-electron chi connectivity index (χ2n) is 6.01. The highest BCUT2D eigenvalue weighted by Gasteiger charge is 2.23. The summed E-state index contributed by atoms with van der Waals surface area (Å²) in [6.07, 6.45) is 0. The van der Waals surface area contributed by atoms with Gasteiger partial charge in [-0.25, -0.2) is 0 Å². The van der Waals surface area contributed by atoms with Crippen LogP contribution in [0.15, 0.2) is 72.8 Å². The Hall–Kier alpha value is -3.08. The molecule has 0 aromatic heterocycles. The summed E-state index contributed by atoms with van der Waals surface area (Å²) in [5.41, 5.74) is 0. The first kappa shape index (κ1) is 18.3. The molecule has 0 amide bonds. The smallest absolute Gasteiger partial charge is 0.216 e. The maximum absolute atomic E-state index is 10.8. The van der Waals surface area contributed by atoms with E-state index < -0.39 is 0 Å². The van der Waals surface area contributed by atoms with Gasteiger partial charge in [-0.1, -0.05) is 47.5 Å². The van der Waals surface area contributed by atoms with E-state index in [1.165, 1.54) is 0 Å². The van der Waals surface area contributed by atoms with E-state index in [2.05, 4.69) is 0 Å². The summed E-state index contributed by atoms with van der Waals surface area (Å²) < 4.78 is 11.7. The fraction of sp³-hybridized carbons (Fsp3) is 0. The third-order valence-corrected chi connectivity index (χ3v) is 4.64. The Morgan fingerprint density at radius 1 is 0.536 bits per heavy atom. The predicted molar refractivity (Wildman–Crippen MR) is 110 cm³/mol. The van der Waals surface area contributed by atoms with E-state index in [1.54, 1.807) is 72.8 Å². The summed E-state index contributed by atoms with van der Waals surface area (Å²) in [4.78, 5) is 0. The van der Waals surface area contributed by atoms with Crippen molar-refractivity contribution in [2.45, 2.75) is 0 Å². The van der Waals surface area contributed by atoms with Crippen LogP contribution < -0.4 is 9.47 Å². The molecule has 0 unspecified atom stereocenters. The Balaban J connectivity index is 1.88. The first-order valence-electron chi connectivity index (χ1n) is 8.36. The summed E-state index contributed by atoms with van der Waals surface area (Å²) >= 11 is 11.8. The molecule has 28 heavy (non-hydrogen) atoms. The summed E-state index contributed by atoms with van der Waals surface area (Å²) in [7, 11) is 0. The van der Waals surface area contributed by atoms with E-state index in [1.807, 2.05) is 0 Å². The lowest BCUT2D eigenvalue weighted by Crippen LogP contribution is -1.93. The van der Waals surface area contributed by atoms with Gasteiger partial charge in [0, 0.05) is 20.8 Å². The molecule has 0 saturated carbocycles. The van der Waals surface area contributed by atoms with Gasteiger partial charge in [0.2, 0.25) is 11.5 Å². The number of phenols is 2. The van der Waals surface area contributed by atoms with Gasteiger partial charge in [0.05, 0.1) is 0 Å². The van der Waals surface area contributed by atoms with Crippen LogP contribution in [0.4, 0.5) is 0 Å². The quantitative estimate of drug-likeness (QED) is 0.349. The highest BCUT2D eigenvalue weighted by atomic mass is 35.5. The van der Waals surface area contributed by atoms with Crippen LogP contribution >= 0.6 is 23.2 Å². The van der Waals surface area contributed by atoms with Gasteiger partial charge in [-0.15, -0.1) is 0 Å². The molecule has 0 heterocycles. The number of aromatic hydroxyl groups is 2. The molecule has 6 heteroatoms. The Morgan fingerprint density at radius 3 is 1.25 bits per heavy atom. The molecule has 2 N–H and O–H groups in total. The molecule has 0 saturated heterocycles. The van der Waals surface area contributed by atoms with Gasteiger partial charge >= 0.3 is 0 Å². The fourth-order valence-electron chi connectivity index (χ4n) is 2.79. The third kappa shape index (κ3) is 3.52. The zero-order valence-electron chi connectivity index (χ0n) is 14.4. The number of fused-ring (bicyclic) bond motifs is 1. The van der Waals surface area contributed by atoms with Gasteiger partial charge in [0.15, 0.2) is 11.5 Å². The number of hydrogen-bond acceptors (Lipinski definition) is 4. The van der Waals surface area contributed by atoms with Gasteiger partial charge in [0.25, 0.3) is 0 Å². The van der Waals surface area contributed by atoms with E-state index in [0.717, 1.165) is 0 Å². The molecule has 140 valence electrons. The number of phenolic OH excluding ortho intramolecular Hbond substituents is 2. The fourth-order valence-corrected chi connectivity index (χ4v) is 3.04. The third-order valence-electron chi connectivity index (χ3n) is 4.14. The molecule has 0 fully saturated rings. The van der Waals surface area contributed by atoms with Crippen molar-refractivity contribution in [2.24, 2.45) is 0 Å². The largest absolute Gasteiger partial charge is 0.504 e. The number of hydrogen-bond donors (Lipinski definition) is 2. The number of halogens is 2. The SMILES string of the molecule is Oc1c(Oc2ccc(Cl)cc2)c(Oc2ccc(Cl)cc2)c(O)c2ccccc12. The zero-order chi connectivity index (χ0) is 19.7. The Bertz CT molecular complexity index is 1050. The monoisotopic (exact) mass is 412 g/mol. The zero-order valence-corrected chi connectivity index (χ0v) is 15.9. The van der Waals surface area contributed by atoms with E-state index in [9.17, 15) is 10.2 Å². The number of benzene rings is 4. The van der Waals surface area contributed by atoms with Crippen molar-refractivity contribution in [1.29, 1.82) is 0 Å². The van der Waals surface area contributed by atoms with Crippen LogP contribution in [0.1, 0.15) is 0 Å². The lowest BCUT2D eigenvalue weighted by atomic mass is 10.1. The minimum absolute atomic E-state index is 0.00604. The second-order valence-corrected chi connectivity index (χ2v) is 6.89. The Labute approximate surface area is 171 Å². The van der Waals surface area contributed by atoms with Gasteiger partial charge < -0.3 is 19.7 Å². The molecule has 4 aromatic rings. The van der Waals surface area contributed by atoms with Crippen molar-refractivity contribution in [3.63, 3.8) is 0 Å². The molecule has 0 radical (unpaired) electrons. The first-order chi connectivity index (χ1) is 13.5. The van der Waals surface area contributed by atoms with Crippen molar-refractivity contribution in [3.05, 3.63) is 82.8 Å². The highest BCUT2D eigenvalue weighted by Crippen LogP contribution is 2.52. The average Bonchev–Trinajstić information content (AvgIpc) is 2.71. The maximum atomic E-state index is 10.8. The van der Waals surface area contributed by atoms with Gasteiger partial charge in [-0.05, 0) is 48.5 Å².